The van der Waals surface area contributed by atoms with Crippen molar-refractivity contribution in [2.75, 3.05) is 20.1 Å². The highest BCUT2D eigenvalue weighted by molar-refractivity contribution is 5.90. The number of hydrogen-bond donors (Lipinski definition) is 1. The molecule has 1 unspecified atom stereocenters. The van der Waals surface area contributed by atoms with Gasteiger partial charge in [0.05, 0.1) is 11.8 Å². The van der Waals surface area contributed by atoms with Crippen molar-refractivity contribution in [1.29, 1.82) is 5.26 Å². The Morgan fingerprint density at radius 2 is 2.17 bits per heavy atom. The first kappa shape index (κ1) is 16.9. The van der Waals surface area contributed by atoms with Crippen LogP contribution in [0.3, 0.4) is 0 Å². The van der Waals surface area contributed by atoms with E-state index in [2.05, 4.69) is 10.3 Å². The van der Waals surface area contributed by atoms with Crippen LogP contribution in [0.1, 0.15) is 32.4 Å². The highest BCUT2D eigenvalue weighted by Gasteiger charge is 2.47. The SMILES string of the molecule is CNC(=O)C1(c2ccccn2)CCCN(C(=O)C(C)(C)C#N)C1. The van der Waals surface area contributed by atoms with Crippen LogP contribution in [0.4, 0.5) is 0 Å². The lowest BCUT2D eigenvalue weighted by atomic mass is 9.75. The van der Waals surface area contributed by atoms with Gasteiger partial charge in [0.1, 0.15) is 10.8 Å². The number of pyridine rings is 1. The van der Waals surface area contributed by atoms with Crippen molar-refractivity contribution in [3.05, 3.63) is 30.1 Å². The Morgan fingerprint density at radius 1 is 1.43 bits per heavy atom. The van der Waals surface area contributed by atoms with Gasteiger partial charge in [0.25, 0.3) is 0 Å². The van der Waals surface area contributed by atoms with Crippen molar-refractivity contribution in [3.63, 3.8) is 0 Å². The molecule has 0 radical (unpaired) electrons. The fourth-order valence-corrected chi connectivity index (χ4v) is 3.07. The molecule has 23 heavy (non-hydrogen) atoms. The highest BCUT2D eigenvalue weighted by Crippen LogP contribution is 2.35. The number of likely N-dealkylation sites (tertiary alicyclic amines) is 1. The lowest BCUT2D eigenvalue weighted by Gasteiger charge is -2.42. The zero-order valence-corrected chi connectivity index (χ0v) is 13.8. The molecule has 2 amide bonds. The number of carbonyl (C=O) groups is 2. The molecule has 1 atom stereocenters. The number of rotatable bonds is 3. The summed E-state index contributed by atoms with van der Waals surface area (Å²) < 4.78 is 0. The van der Waals surface area contributed by atoms with E-state index in [9.17, 15) is 14.9 Å². The average Bonchev–Trinajstić information content (AvgIpc) is 2.61. The van der Waals surface area contributed by atoms with Crippen LogP contribution in [0.2, 0.25) is 0 Å². The van der Waals surface area contributed by atoms with Crippen molar-refractivity contribution in [1.82, 2.24) is 15.2 Å². The molecule has 0 aliphatic carbocycles. The summed E-state index contributed by atoms with van der Waals surface area (Å²) in [7, 11) is 1.59. The summed E-state index contributed by atoms with van der Waals surface area (Å²) in [6, 6.07) is 7.50. The van der Waals surface area contributed by atoms with Crippen LogP contribution in [0.25, 0.3) is 0 Å². The molecule has 0 bridgehead atoms. The second kappa shape index (κ2) is 6.37. The van der Waals surface area contributed by atoms with Crippen LogP contribution in [-0.4, -0.2) is 41.8 Å². The van der Waals surface area contributed by atoms with Crippen LogP contribution >= 0.6 is 0 Å². The van der Waals surface area contributed by atoms with E-state index in [1.165, 1.54) is 0 Å². The van der Waals surface area contributed by atoms with Crippen molar-refractivity contribution in [2.45, 2.75) is 32.1 Å². The van der Waals surface area contributed by atoms with Crippen molar-refractivity contribution < 1.29 is 9.59 Å². The average molecular weight is 314 g/mol. The first-order chi connectivity index (χ1) is 10.9. The van der Waals surface area contributed by atoms with Gasteiger partial charge in [-0.15, -0.1) is 0 Å². The van der Waals surface area contributed by atoms with E-state index in [1.807, 2.05) is 18.2 Å². The van der Waals surface area contributed by atoms with Crippen molar-refractivity contribution in [2.24, 2.45) is 5.41 Å². The normalized spacial score (nSPS) is 21.4. The number of nitrogens with one attached hydrogen (secondary N) is 1. The van der Waals surface area contributed by atoms with E-state index in [0.29, 0.717) is 25.1 Å². The zero-order valence-electron chi connectivity index (χ0n) is 13.8. The third kappa shape index (κ3) is 3.04. The van der Waals surface area contributed by atoms with Gasteiger partial charge in [0.2, 0.25) is 11.8 Å². The van der Waals surface area contributed by atoms with Gasteiger partial charge in [0, 0.05) is 26.3 Å². The largest absolute Gasteiger partial charge is 0.358 e. The number of hydrogen-bond acceptors (Lipinski definition) is 4. The van der Waals surface area contributed by atoms with Gasteiger partial charge in [-0.25, -0.2) is 0 Å². The molecule has 1 N–H and O–H groups in total. The van der Waals surface area contributed by atoms with Crippen LogP contribution in [-0.2, 0) is 15.0 Å². The number of likely N-dealkylation sites (N-methyl/N-ethyl adjacent to an activating group) is 1. The van der Waals surface area contributed by atoms with E-state index in [1.54, 1.807) is 38.1 Å². The van der Waals surface area contributed by atoms with Gasteiger partial charge in [-0.1, -0.05) is 6.07 Å². The lowest BCUT2D eigenvalue weighted by Crippen LogP contribution is -2.57. The van der Waals surface area contributed by atoms with E-state index in [4.69, 9.17) is 0 Å². The van der Waals surface area contributed by atoms with Gasteiger partial charge < -0.3 is 10.2 Å². The van der Waals surface area contributed by atoms with E-state index in [-0.39, 0.29) is 18.4 Å². The van der Waals surface area contributed by atoms with Crippen LogP contribution in [0.15, 0.2) is 24.4 Å². The Labute approximate surface area is 136 Å². The Kier molecular flexibility index (Phi) is 4.69. The number of amides is 2. The Hall–Kier alpha value is -2.42. The second-order valence-corrected chi connectivity index (χ2v) is 6.44. The maximum absolute atomic E-state index is 12.6. The predicted molar refractivity (Wildman–Crippen MR) is 85.2 cm³/mol. The van der Waals surface area contributed by atoms with Crippen LogP contribution in [0.5, 0.6) is 0 Å². The summed E-state index contributed by atoms with van der Waals surface area (Å²) in [6.45, 7) is 4.00. The quantitative estimate of drug-likeness (QED) is 0.909. The summed E-state index contributed by atoms with van der Waals surface area (Å²) in [6.07, 6.45) is 2.97. The number of carbonyl (C=O) groups excluding carboxylic acids is 2. The smallest absolute Gasteiger partial charge is 0.242 e. The molecule has 2 rings (SSSR count). The molecule has 1 fully saturated rings. The Morgan fingerprint density at radius 3 is 2.74 bits per heavy atom. The molecule has 2 heterocycles. The summed E-state index contributed by atoms with van der Waals surface area (Å²) in [4.78, 5) is 31.2. The molecule has 1 aromatic rings. The first-order valence-corrected chi connectivity index (χ1v) is 7.72. The molecule has 1 saturated heterocycles. The lowest BCUT2D eigenvalue weighted by molar-refractivity contribution is -0.142. The fraction of sp³-hybridized carbons (Fsp3) is 0.529. The van der Waals surface area contributed by atoms with Crippen LogP contribution in [0, 0.1) is 16.7 Å². The predicted octanol–water partition coefficient (Wildman–Crippen LogP) is 1.24. The van der Waals surface area contributed by atoms with Gasteiger partial charge in [-0.05, 0) is 38.8 Å². The molecule has 6 heteroatoms. The van der Waals surface area contributed by atoms with E-state index < -0.39 is 10.8 Å². The van der Waals surface area contributed by atoms with Gasteiger partial charge in [-0.3, -0.25) is 14.6 Å². The molecular formula is C17H22N4O2. The molecule has 0 spiro atoms. The highest BCUT2D eigenvalue weighted by atomic mass is 16.2. The molecule has 1 aromatic heterocycles. The Bertz CT molecular complexity index is 636. The molecule has 122 valence electrons. The Balaban J connectivity index is 2.40. The van der Waals surface area contributed by atoms with Gasteiger partial charge in [0.15, 0.2) is 0 Å². The number of aromatic nitrogens is 1. The molecule has 1 aliphatic heterocycles. The van der Waals surface area contributed by atoms with E-state index in [0.717, 1.165) is 0 Å². The third-order valence-corrected chi connectivity index (χ3v) is 4.41. The summed E-state index contributed by atoms with van der Waals surface area (Å²) in [5.41, 5.74) is -1.31. The minimum atomic E-state index is -1.10. The van der Waals surface area contributed by atoms with Crippen molar-refractivity contribution >= 4 is 11.8 Å². The summed E-state index contributed by atoms with van der Waals surface area (Å²) in [5, 5.41) is 11.9. The summed E-state index contributed by atoms with van der Waals surface area (Å²) >= 11 is 0. The standard InChI is InChI=1S/C17H22N4O2/c1-16(2,11-18)15(23)21-10-6-8-17(12-21,14(22)19-3)13-7-4-5-9-20-13/h4-5,7,9H,6,8,10,12H2,1-3H3,(H,19,22). The zero-order chi connectivity index (χ0) is 17.1. The molecule has 0 saturated carbocycles. The number of nitrogens with zero attached hydrogens (tertiary/aromatic N) is 3. The number of nitriles is 1. The molecule has 0 aromatic carbocycles. The summed E-state index contributed by atoms with van der Waals surface area (Å²) in [5.74, 6) is -0.396. The molecule has 1 aliphatic rings. The third-order valence-electron chi connectivity index (χ3n) is 4.41. The van der Waals surface area contributed by atoms with E-state index >= 15 is 0 Å². The first-order valence-electron chi connectivity index (χ1n) is 7.72. The molecular weight excluding hydrogens is 292 g/mol. The van der Waals surface area contributed by atoms with Gasteiger partial charge in [-0.2, -0.15) is 5.26 Å². The van der Waals surface area contributed by atoms with Gasteiger partial charge >= 0.3 is 0 Å². The van der Waals surface area contributed by atoms with Crippen LogP contribution < -0.4 is 5.32 Å². The maximum Gasteiger partial charge on any atom is 0.242 e. The van der Waals surface area contributed by atoms with Crippen molar-refractivity contribution in [3.8, 4) is 6.07 Å². The minimum absolute atomic E-state index is 0.150. The monoisotopic (exact) mass is 314 g/mol. The number of piperidine rings is 1. The second-order valence-electron chi connectivity index (χ2n) is 6.44. The fourth-order valence-electron chi connectivity index (χ4n) is 3.07. The minimum Gasteiger partial charge on any atom is -0.358 e. The topological polar surface area (TPSA) is 86.1 Å². The maximum atomic E-state index is 12.6. The molecule has 6 nitrogen and oxygen atoms in total.